The lowest BCUT2D eigenvalue weighted by Gasteiger charge is -2.19. The molecule has 0 amide bonds. The van der Waals surface area contributed by atoms with Gasteiger partial charge in [0, 0.05) is 12.8 Å². The van der Waals surface area contributed by atoms with Crippen LogP contribution in [0.5, 0.6) is 0 Å². The van der Waals surface area contributed by atoms with Gasteiger partial charge in [-0.05, 0) is 77.6 Å². The van der Waals surface area contributed by atoms with Crippen LogP contribution in [0.4, 0.5) is 0 Å². The molecule has 0 heterocycles. The molecule has 296 valence electrons. The number of carbonyl (C=O) groups excluding carboxylic acids is 2. The van der Waals surface area contributed by atoms with E-state index < -0.39 is 26.5 Å². The molecule has 0 aromatic carbocycles. The van der Waals surface area contributed by atoms with E-state index in [-0.39, 0.29) is 32.0 Å². The zero-order valence-corrected chi connectivity index (χ0v) is 33.6. The molecule has 0 bridgehead atoms. The quantitative estimate of drug-likeness (QED) is 0.0290. The Kier molecular flexibility index (Phi) is 36.3. The predicted molar refractivity (Wildman–Crippen MR) is 212 cm³/mol. The minimum Gasteiger partial charge on any atom is -0.462 e. The van der Waals surface area contributed by atoms with E-state index in [0.717, 1.165) is 89.9 Å². The molecule has 51 heavy (non-hydrogen) atoms. The largest absolute Gasteiger partial charge is 0.472 e. The van der Waals surface area contributed by atoms with Crippen LogP contribution in [0.15, 0.2) is 48.6 Å². The molecule has 2 unspecified atom stereocenters. The molecule has 0 saturated carbocycles. The molecule has 0 fully saturated rings. The Bertz CT molecular complexity index is 974. The maximum Gasteiger partial charge on any atom is 0.472 e. The smallest absolute Gasteiger partial charge is 0.462 e. The Balaban J connectivity index is 4.15. The number of rotatable bonds is 37. The van der Waals surface area contributed by atoms with Crippen molar-refractivity contribution < 1.29 is 37.6 Å². The van der Waals surface area contributed by atoms with Crippen molar-refractivity contribution in [2.75, 3.05) is 19.8 Å². The molecule has 8 nitrogen and oxygen atoms in total. The number of phosphoric ester groups is 1. The van der Waals surface area contributed by atoms with Crippen molar-refractivity contribution in [1.29, 1.82) is 0 Å². The Labute approximate surface area is 312 Å². The van der Waals surface area contributed by atoms with Gasteiger partial charge in [0.15, 0.2) is 6.10 Å². The van der Waals surface area contributed by atoms with Gasteiger partial charge >= 0.3 is 19.8 Å². The number of ether oxygens (including phenoxy) is 2. The van der Waals surface area contributed by atoms with Crippen molar-refractivity contribution >= 4 is 19.8 Å². The zero-order chi connectivity index (χ0) is 37.5. The first kappa shape index (κ1) is 49.0. The van der Waals surface area contributed by atoms with Gasteiger partial charge in [0.1, 0.15) is 6.61 Å². The van der Waals surface area contributed by atoms with Gasteiger partial charge in [0.05, 0.1) is 13.2 Å². The topological polar surface area (TPSA) is 108 Å². The van der Waals surface area contributed by atoms with Crippen LogP contribution in [-0.4, -0.2) is 42.8 Å². The number of hydrogen-bond donors (Lipinski definition) is 1. The van der Waals surface area contributed by atoms with Crippen molar-refractivity contribution in [3.05, 3.63) is 48.6 Å². The molecule has 9 heteroatoms. The van der Waals surface area contributed by atoms with E-state index in [1.165, 1.54) is 51.4 Å². The van der Waals surface area contributed by atoms with E-state index in [1.807, 2.05) is 0 Å². The number of esters is 2. The van der Waals surface area contributed by atoms with Gasteiger partial charge in [-0.25, -0.2) is 4.57 Å². The summed E-state index contributed by atoms with van der Waals surface area (Å²) in [5.41, 5.74) is 0. The summed E-state index contributed by atoms with van der Waals surface area (Å²) in [4.78, 5) is 34.7. The predicted octanol–water partition coefficient (Wildman–Crippen LogP) is 12.6. The van der Waals surface area contributed by atoms with Gasteiger partial charge in [-0.1, -0.05) is 140 Å². The highest BCUT2D eigenvalue weighted by Crippen LogP contribution is 2.43. The number of unbranched alkanes of at least 4 members (excludes halogenated alkanes) is 17. The first-order valence-corrected chi connectivity index (χ1v) is 21.9. The first-order chi connectivity index (χ1) is 24.8. The molecular weight excluding hydrogens is 663 g/mol. The van der Waals surface area contributed by atoms with Gasteiger partial charge in [-0.2, -0.15) is 0 Å². The van der Waals surface area contributed by atoms with E-state index in [0.29, 0.717) is 6.42 Å². The van der Waals surface area contributed by atoms with Crippen LogP contribution in [0, 0.1) is 0 Å². The Morgan fingerprint density at radius 3 is 1.53 bits per heavy atom. The van der Waals surface area contributed by atoms with E-state index in [2.05, 4.69) is 62.5 Å². The van der Waals surface area contributed by atoms with Crippen LogP contribution >= 0.6 is 7.82 Å². The lowest BCUT2D eigenvalue weighted by atomic mass is 10.1. The molecule has 0 aliphatic carbocycles. The molecule has 2 atom stereocenters. The summed E-state index contributed by atoms with van der Waals surface area (Å²) in [5.74, 6) is -0.829. The lowest BCUT2D eigenvalue weighted by Crippen LogP contribution is -2.29. The van der Waals surface area contributed by atoms with Crippen LogP contribution in [0.1, 0.15) is 181 Å². The summed E-state index contributed by atoms with van der Waals surface area (Å²) in [6.45, 7) is 5.32. The number of hydrogen-bond acceptors (Lipinski definition) is 7. The third-order valence-electron chi connectivity index (χ3n) is 8.37. The summed E-state index contributed by atoms with van der Waals surface area (Å²) in [6, 6.07) is 0. The highest BCUT2D eigenvalue weighted by molar-refractivity contribution is 7.47. The highest BCUT2D eigenvalue weighted by Gasteiger charge is 2.25. The molecule has 0 radical (unpaired) electrons. The highest BCUT2D eigenvalue weighted by atomic mass is 31.2. The fourth-order valence-corrected chi connectivity index (χ4v) is 6.16. The second-order valence-electron chi connectivity index (χ2n) is 13.3. The van der Waals surface area contributed by atoms with Gasteiger partial charge in [0.2, 0.25) is 0 Å². The summed E-state index contributed by atoms with van der Waals surface area (Å²) >= 11 is 0. The minimum absolute atomic E-state index is 0.00589. The summed E-state index contributed by atoms with van der Waals surface area (Å²) in [5, 5.41) is 0. The second-order valence-corrected chi connectivity index (χ2v) is 14.7. The third-order valence-corrected chi connectivity index (χ3v) is 9.43. The van der Waals surface area contributed by atoms with Crippen molar-refractivity contribution in [2.24, 2.45) is 0 Å². The SMILES string of the molecule is CC/C=C\C/C=C\C/C=C\CCCCCCCC(=O)OC(COC(=O)CCCCCCC/C=C\CCCCCCCCC)COP(=O)(O)OCC. The second kappa shape index (κ2) is 37.8. The van der Waals surface area contributed by atoms with E-state index in [4.69, 9.17) is 18.5 Å². The fraction of sp³-hybridized carbons (Fsp3) is 0.762. The zero-order valence-electron chi connectivity index (χ0n) is 32.7. The molecular formula is C42H75O8P. The van der Waals surface area contributed by atoms with Crippen LogP contribution in [0.3, 0.4) is 0 Å². The Hall–Kier alpha value is -1.99. The molecule has 1 N–H and O–H groups in total. The molecule has 0 aromatic rings. The Morgan fingerprint density at radius 1 is 0.549 bits per heavy atom. The molecule has 0 saturated heterocycles. The average molecular weight is 739 g/mol. The van der Waals surface area contributed by atoms with Crippen molar-refractivity contribution in [1.82, 2.24) is 0 Å². The molecule has 0 spiro atoms. The van der Waals surface area contributed by atoms with Crippen molar-refractivity contribution in [2.45, 2.75) is 187 Å². The van der Waals surface area contributed by atoms with E-state index >= 15 is 0 Å². The summed E-state index contributed by atoms with van der Waals surface area (Å²) < 4.78 is 32.6. The maximum atomic E-state index is 12.5. The first-order valence-electron chi connectivity index (χ1n) is 20.4. The molecule has 0 rings (SSSR count). The van der Waals surface area contributed by atoms with E-state index in [1.54, 1.807) is 6.92 Å². The Morgan fingerprint density at radius 2 is 1.00 bits per heavy atom. The van der Waals surface area contributed by atoms with Crippen LogP contribution in [-0.2, 0) is 32.7 Å². The molecule has 0 aliphatic rings. The normalized spacial score (nSPS) is 13.9. The van der Waals surface area contributed by atoms with Crippen LogP contribution in [0.25, 0.3) is 0 Å². The van der Waals surface area contributed by atoms with Gasteiger partial charge in [0.25, 0.3) is 0 Å². The summed E-state index contributed by atoms with van der Waals surface area (Å²) in [7, 11) is -4.28. The van der Waals surface area contributed by atoms with Gasteiger partial charge < -0.3 is 14.4 Å². The van der Waals surface area contributed by atoms with Gasteiger partial charge in [-0.3, -0.25) is 18.6 Å². The van der Waals surface area contributed by atoms with Crippen LogP contribution < -0.4 is 0 Å². The fourth-order valence-electron chi connectivity index (χ4n) is 5.40. The maximum absolute atomic E-state index is 12.5. The van der Waals surface area contributed by atoms with Crippen LogP contribution in [0.2, 0.25) is 0 Å². The van der Waals surface area contributed by atoms with Crippen molar-refractivity contribution in [3.8, 4) is 0 Å². The van der Waals surface area contributed by atoms with Gasteiger partial charge in [-0.15, -0.1) is 0 Å². The standard InChI is InChI=1S/C42H75O8P/c1-4-7-9-11-13-15-17-19-21-23-24-26-28-30-32-34-36-41(43)47-38-40(39-49-51(45,46)48-6-3)50-42(44)37-35-33-31-29-27-25-22-20-18-16-14-12-10-8-5-2/h8,10,14,16,20-23,40H,4-7,9,11-13,15,17-19,24-39H2,1-3H3,(H,45,46)/b10-8-,16-14-,22-20-,23-21-. The molecule has 0 aromatic heterocycles. The monoisotopic (exact) mass is 739 g/mol. The summed E-state index contributed by atoms with van der Waals surface area (Å²) in [6.07, 6.45) is 43.0. The lowest BCUT2D eigenvalue weighted by molar-refractivity contribution is -0.161. The van der Waals surface area contributed by atoms with E-state index in [9.17, 15) is 19.0 Å². The minimum atomic E-state index is -4.28. The number of phosphoric acid groups is 1. The number of carbonyl (C=O) groups is 2. The molecule has 0 aliphatic heterocycles. The van der Waals surface area contributed by atoms with Crippen molar-refractivity contribution in [3.63, 3.8) is 0 Å². The number of allylic oxidation sites excluding steroid dienone is 8. The third kappa shape index (κ3) is 37.6. The average Bonchev–Trinajstić information content (AvgIpc) is 3.10.